The lowest BCUT2D eigenvalue weighted by Gasteiger charge is -2.20. The van der Waals surface area contributed by atoms with E-state index in [1.165, 1.54) is 0 Å². The third kappa shape index (κ3) is 5.82. The van der Waals surface area contributed by atoms with E-state index in [0.717, 1.165) is 6.54 Å². The summed E-state index contributed by atoms with van der Waals surface area (Å²) in [4.78, 5) is 16.2. The standard InChI is InChI=1S/C14H21F3N4O.2ClH/c1-9(2)8-21-4-3-19-12(21)7-20-13(22)10-5-18-6-11(10)14(15,16)17;;/h3-4,9-11,18H,5-8H2,1-2H3,(H,20,22);2*1H/t10-,11-;;/m1../s1. The van der Waals surface area contributed by atoms with Crippen LogP contribution in [0.4, 0.5) is 13.2 Å². The van der Waals surface area contributed by atoms with E-state index >= 15 is 0 Å². The molecule has 5 nitrogen and oxygen atoms in total. The van der Waals surface area contributed by atoms with E-state index < -0.39 is 23.9 Å². The fraction of sp³-hybridized carbons (Fsp3) is 0.714. The third-order valence-electron chi connectivity index (χ3n) is 3.76. The van der Waals surface area contributed by atoms with Gasteiger partial charge in [0.2, 0.25) is 5.91 Å². The van der Waals surface area contributed by atoms with Crippen LogP contribution in [0, 0.1) is 17.8 Å². The Morgan fingerprint density at radius 2 is 2.08 bits per heavy atom. The third-order valence-corrected chi connectivity index (χ3v) is 3.76. The second-order valence-corrected chi connectivity index (χ2v) is 6.02. The minimum absolute atomic E-state index is 0. The van der Waals surface area contributed by atoms with Crippen LogP contribution in [-0.4, -0.2) is 34.7 Å². The van der Waals surface area contributed by atoms with Gasteiger partial charge in [0, 0.05) is 32.0 Å². The minimum atomic E-state index is -4.36. The van der Waals surface area contributed by atoms with Gasteiger partial charge in [0.15, 0.2) is 0 Å². The van der Waals surface area contributed by atoms with E-state index in [2.05, 4.69) is 29.5 Å². The van der Waals surface area contributed by atoms with Gasteiger partial charge in [0.1, 0.15) is 5.82 Å². The maximum Gasteiger partial charge on any atom is 0.393 e. The smallest absolute Gasteiger partial charge is 0.349 e. The van der Waals surface area contributed by atoms with Crippen molar-refractivity contribution in [1.29, 1.82) is 0 Å². The number of amides is 1. The molecule has 10 heteroatoms. The van der Waals surface area contributed by atoms with E-state index in [0.29, 0.717) is 11.7 Å². The summed E-state index contributed by atoms with van der Waals surface area (Å²) >= 11 is 0. The number of nitrogens with one attached hydrogen (secondary N) is 2. The molecule has 2 heterocycles. The molecule has 0 bridgehead atoms. The number of rotatable bonds is 5. The molecule has 0 radical (unpaired) electrons. The molecule has 1 aromatic heterocycles. The lowest BCUT2D eigenvalue weighted by atomic mass is 9.94. The molecule has 1 fully saturated rings. The van der Waals surface area contributed by atoms with E-state index in [4.69, 9.17) is 0 Å². The van der Waals surface area contributed by atoms with E-state index in [9.17, 15) is 18.0 Å². The molecule has 0 unspecified atom stereocenters. The summed E-state index contributed by atoms with van der Waals surface area (Å²) in [6, 6.07) is 0. The van der Waals surface area contributed by atoms with Gasteiger partial charge in [-0.15, -0.1) is 24.8 Å². The maximum absolute atomic E-state index is 12.9. The second kappa shape index (κ2) is 9.48. The van der Waals surface area contributed by atoms with Crippen molar-refractivity contribution in [3.05, 3.63) is 18.2 Å². The summed E-state index contributed by atoms with van der Waals surface area (Å²) in [6.45, 7) is 4.85. The molecule has 2 rings (SSSR count). The van der Waals surface area contributed by atoms with Crippen molar-refractivity contribution in [2.75, 3.05) is 13.1 Å². The first-order chi connectivity index (χ1) is 10.3. The van der Waals surface area contributed by atoms with E-state index in [-0.39, 0.29) is 44.4 Å². The molecule has 1 amide bonds. The fourth-order valence-electron chi connectivity index (χ4n) is 2.66. The molecule has 24 heavy (non-hydrogen) atoms. The molecule has 0 spiro atoms. The van der Waals surface area contributed by atoms with Crippen LogP contribution >= 0.6 is 24.8 Å². The van der Waals surface area contributed by atoms with Gasteiger partial charge in [-0.3, -0.25) is 4.79 Å². The van der Waals surface area contributed by atoms with Crippen molar-refractivity contribution < 1.29 is 18.0 Å². The number of halogens is 5. The van der Waals surface area contributed by atoms with Gasteiger partial charge in [-0.1, -0.05) is 13.8 Å². The predicted octanol–water partition coefficient (Wildman–Crippen LogP) is 2.40. The van der Waals surface area contributed by atoms with Gasteiger partial charge in [-0.2, -0.15) is 13.2 Å². The van der Waals surface area contributed by atoms with Crippen molar-refractivity contribution in [3.8, 4) is 0 Å². The molecule has 0 aliphatic carbocycles. The number of carbonyl (C=O) groups excluding carboxylic acids is 1. The zero-order chi connectivity index (χ0) is 16.3. The Morgan fingerprint density at radius 1 is 1.42 bits per heavy atom. The first kappa shape index (κ1) is 23.0. The number of carbonyl (C=O) groups is 1. The van der Waals surface area contributed by atoms with Crippen LogP contribution in [0.15, 0.2) is 12.4 Å². The van der Waals surface area contributed by atoms with Crippen LogP contribution < -0.4 is 10.6 Å². The predicted molar refractivity (Wildman–Crippen MR) is 89.3 cm³/mol. The molecular weight excluding hydrogens is 368 g/mol. The number of hydrogen-bond donors (Lipinski definition) is 2. The Bertz CT molecular complexity index is 522. The Hall–Kier alpha value is -0.990. The average Bonchev–Trinajstić information content (AvgIpc) is 3.03. The quantitative estimate of drug-likeness (QED) is 0.811. The Labute approximate surface area is 151 Å². The molecule has 140 valence electrons. The van der Waals surface area contributed by atoms with Crippen LogP contribution in [-0.2, 0) is 17.9 Å². The number of aromatic nitrogens is 2. The number of imidazole rings is 1. The van der Waals surface area contributed by atoms with Gasteiger partial charge in [-0.05, 0) is 5.92 Å². The highest BCUT2D eigenvalue weighted by Gasteiger charge is 2.49. The van der Waals surface area contributed by atoms with E-state index in [1.54, 1.807) is 12.4 Å². The molecule has 0 saturated carbocycles. The van der Waals surface area contributed by atoms with Gasteiger partial charge in [0.25, 0.3) is 0 Å². The number of alkyl halides is 3. The fourth-order valence-corrected chi connectivity index (χ4v) is 2.66. The topological polar surface area (TPSA) is 59.0 Å². The molecule has 1 aliphatic rings. The zero-order valence-electron chi connectivity index (χ0n) is 13.5. The zero-order valence-corrected chi connectivity index (χ0v) is 15.1. The molecule has 2 N–H and O–H groups in total. The van der Waals surface area contributed by atoms with Crippen molar-refractivity contribution >= 4 is 30.7 Å². The lowest BCUT2D eigenvalue weighted by Crippen LogP contribution is -2.40. The molecule has 1 aromatic rings. The van der Waals surface area contributed by atoms with Gasteiger partial charge in [0.05, 0.1) is 18.4 Å². The van der Waals surface area contributed by atoms with Crippen LogP contribution in [0.25, 0.3) is 0 Å². The minimum Gasteiger partial charge on any atom is -0.349 e. The molecule has 2 atom stereocenters. The van der Waals surface area contributed by atoms with Gasteiger partial charge in [-0.25, -0.2) is 4.98 Å². The largest absolute Gasteiger partial charge is 0.393 e. The van der Waals surface area contributed by atoms with Crippen LogP contribution in [0.3, 0.4) is 0 Å². The molecule has 1 saturated heterocycles. The van der Waals surface area contributed by atoms with Crippen molar-refractivity contribution in [3.63, 3.8) is 0 Å². The van der Waals surface area contributed by atoms with Crippen molar-refractivity contribution in [1.82, 2.24) is 20.2 Å². The number of nitrogens with zero attached hydrogens (tertiary/aromatic N) is 2. The van der Waals surface area contributed by atoms with Gasteiger partial charge >= 0.3 is 6.18 Å². The second-order valence-electron chi connectivity index (χ2n) is 6.02. The Kier molecular flexibility index (Phi) is 9.09. The Morgan fingerprint density at radius 3 is 2.67 bits per heavy atom. The van der Waals surface area contributed by atoms with Crippen LogP contribution in [0.1, 0.15) is 19.7 Å². The highest BCUT2D eigenvalue weighted by atomic mass is 35.5. The first-order valence-corrected chi connectivity index (χ1v) is 7.34. The van der Waals surface area contributed by atoms with Gasteiger partial charge < -0.3 is 15.2 Å². The van der Waals surface area contributed by atoms with E-state index in [1.807, 2.05) is 4.57 Å². The normalized spacial score (nSPS) is 20.4. The highest BCUT2D eigenvalue weighted by Crippen LogP contribution is 2.34. The summed E-state index contributed by atoms with van der Waals surface area (Å²) in [5.41, 5.74) is 0. The van der Waals surface area contributed by atoms with Crippen LogP contribution in [0.2, 0.25) is 0 Å². The molecule has 0 aromatic carbocycles. The SMILES string of the molecule is CC(C)Cn1ccnc1CNC(=O)[C@@H]1CNC[C@H]1C(F)(F)F.Cl.Cl. The molecule has 1 aliphatic heterocycles. The summed E-state index contributed by atoms with van der Waals surface area (Å²) in [5.74, 6) is -2.21. The lowest BCUT2D eigenvalue weighted by molar-refractivity contribution is -0.182. The van der Waals surface area contributed by atoms with Crippen LogP contribution in [0.5, 0.6) is 0 Å². The average molecular weight is 391 g/mol. The Balaban J connectivity index is 0.00000264. The summed E-state index contributed by atoms with van der Waals surface area (Å²) in [7, 11) is 0. The van der Waals surface area contributed by atoms with Crippen molar-refractivity contribution in [2.24, 2.45) is 17.8 Å². The molecular formula is C14H23Cl2F3N4O. The summed E-state index contributed by atoms with van der Waals surface area (Å²) < 4.78 is 40.5. The first-order valence-electron chi connectivity index (χ1n) is 7.34. The highest BCUT2D eigenvalue weighted by molar-refractivity contribution is 5.85. The summed E-state index contributed by atoms with van der Waals surface area (Å²) in [6.07, 6.45) is -0.932. The number of hydrogen-bond acceptors (Lipinski definition) is 3. The summed E-state index contributed by atoms with van der Waals surface area (Å²) in [5, 5.41) is 5.22. The van der Waals surface area contributed by atoms with Crippen molar-refractivity contribution in [2.45, 2.75) is 33.1 Å². The maximum atomic E-state index is 12.9. The monoisotopic (exact) mass is 390 g/mol.